The number of nitrogens with two attached hydrogens (primary N) is 1. The normalized spacial score (nSPS) is 11.7. The van der Waals surface area contributed by atoms with Gasteiger partial charge in [0, 0.05) is 33.6 Å². The molecular weight excluding hydrogens is 541 g/mol. The van der Waals surface area contributed by atoms with E-state index in [4.69, 9.17) is 38.5 Å². The van der Waals surface area contributed by atoms with E-state index >= 15 is 0 Å². The van der Waals surface area contributed by atoms with Crippen molar-refractivity contribution in [1.82, 2.24) is 19.6 Å². The third kappa shape index (κ3) is 5.13. The van der Waals surface area contributed by atoms with Crippen molar-refractivity contribution in [1.29, 1.82) is 0 Å². The Hall–Kier alpha value is -3.43. The number of halogens is 2. The van der Waals surface area contributed by atoms with Crippen molar-refractivity contribution >= 4 is 33.2 Å². The lowest BCUT2D eigenvalue weighted by Gasteiger charge is -2.12. The summed E-state index contributed by atoms with van der Waals surface area (Å²) >= 11 is 12.2. The van der Waals surface area contributed by atoms with Gasteiger partial charge in [0.1, 0.15) is 0 Å². The molecule has 0 radical (unpaired) electrons. The van der Waals surface area contributed by atoms with Crippen LogP contribution in [-0.4, -0.2) is 28.0 Å². The zero-order chi connectivity index (χ0) is 27.0. The van der Waals surface area contributed by atoms with Crippen LogP contribution in [0.1, 0.15) is 25.0 Å². The Kier molecular flexibility index (Phi) is 7.15. The number of rotatable bonds is 7. The maximum absolute atomic E-state index is 12.3. The zero-order valence-corrected chi connectivity index (χ0v) is 23.1. The Morgan fingerprint density at radius 2 is 1.16 bits per heavy atom. The summed E-state index contributed by atoms with van der Waals surface area (Å²) in [5, 5.41) is 16.5. The highest BCUT2D eigenvalue weighted by molar-refractivity contribution is 7.89. The summed E-state index contributed by atoms with van der Waals surface area (Å²) in [7, 11) is -3.95. The molecule has 0 spiro atoms. The van der Waals surface area contributed by atoms with Gasteiger partial charge in [0.2, 0.25) is 10.0 Å². The molecule has 0 saturated carbocycles. The van der Waals surface area contributed by atoms with E-state index in [0.29, 0.717) is 21.4 Å². The van der Waals surface area contributed by atoms with Crippen molar-refractivity contribution in [3.8, 4) is 33.9 Å². The molecule has 0 unspecified atom stereocenters. The third-order valence-corrected chi connectivity index (χ3v) is 7.76. The van der Waals surface area contributed by atoms with Gasteiger partial charge < -0.3 is 0 Å². The molecule has 5 aromatic rings. The first kappa shape index (κ1) is 26.2. The molecular formula is C28H25Cl2N5O2S. The Balaban J connectivity index is 1.70. The minimum absolute atomic E-state index is 0.0152. The predicted octanol–water partition coefficient (Wildman–Crippen LogP) is 6.47. The molecule has 0 aliphatic rings. The highest BCUT2D eigenvalue weighted by atomic mass is 35.5. The maximum atomic E-state index is 12.3. The molecule has 2 heterocycles. The van der Waals surface area contributed by atoms with Gasteiger partial charge in [-0.25, -0.2) is 22.9 Å². The number of nitrogens with zero attached hydrogens (tertiary/aromatic N) is 4. The topological polar surface area (TPSA) is 95.8 Å². The third-order valence-electron chi connectivity index (χ3n) is 6.35. The lowest BCUT2D eigenvalue weighted by molar-refractivity contribution is 0.597. The van der Waals surface area contributed by atoms with Crippen LogP contribution in [0.5, 0.6) is 0 Å². The van der Waals surface area contributed by atoms with Gasteiger partial charge in [-0.1, -0.05) is 61.3 Å². The van der Waals surface area contributed by atoms with E-state index in [2.05, 4.69) is 6.92 Å². The van der Waals surface area contributed by atoms with Crippen molar-refractivity contribution < 1.29 is 8.42 Å². The first-order valence-corrected chi connectivity index (χ1v) is 14.3. The molecule has 0 saturated heterocycles. The van der Waals surface area contributed by atoms with Crippen LogP contribution in [0.2, 0.25) is 10.0 Å². The highest BCUT2D eigenvalue weighted by Crippen LogP contribution is 2.31. The number of benzene rings is 3. The van der Waals surface area contributed by atoms with E-state index in [0.717, 1.165) is 46.5 Å². The van der Waals surface area contributed by atoms with Crippen LogP contribution < -0.4 is 5.14 Å². The van der Waals surface area contributed by atoms with Crippen LogP contribution in [0, 0.1) is 0 Å². The standard InChI is InChI=1S/C28H25Cl2N5O2S/c1-3-18-16-34(32-27(18)20-5-9-22(29)10-6-20)25-14-13-24(38(31,36)37)15-26(25)35-17-19(4-2)28(33-35)21-7-11-23(30)12-8-21/h5-17H,3-4H2,1-2H3,(H2,31,36,37). The summed E-state index contributed by atoms with van der Waals surface area (Å²) in [5.41, 5.74) is 6.66. The molecule has 2 aromatic heterocycles. The van der Waals surface area contributed by atoms with Gasteiger partial charge >= 0.3 is 0 Å². The molecule has 2 N–H and O–H groups in total. The van der Waals surface area contributed by atoms with Crippen LogP contribution in [-0.2, 0) is 22.9 Å². The largest absolute Gasteiger partial charge is 0.238 e. The van der Waals surface area contributed by atoms with Gasteiger partial charge in [-0.2, -0.15) is 10.2 Å². The molecule has 3 aromatic carbocycles. The molecule has 0 atom stereocenters. The van der Waals surface area contributed by atoms with Gasteiger partial charge in [0.05, 0.1) is 27.7 Å². The SMILES string of the molecule is CCc1cn(-c2ccc(S(N)(=O)=O)cc2-n2cc(CC)c(-c3ccc(Cl)cc3)n2)nc1-c1ccc(Cl)cc1. The summed E-state index contributed by atoms with van der Waals surface area (Å²) in [6.45, 7) is 4.10. The Bertz CT molecular complexity index is 1720. The summed E-state index contributed by atoms with van der Waals surface area (Å²) in [6.07, 6.45) is 5.33. The van der Waals surface area contributed by atoms with Crippen molar-refractivity contribution in [3.05, 3.63) is 100 Å². The quantitative estimate of drug-likeness (QED) is 0.244. The number of primary sulfonamides is 1. The second-order valence-electron chi connectivity index (χ2n) is 8.81. The Morgan fingerprint density at radius 1 is 0.711 bits per heavy atom. The molecule has 7 nitrogen and oxygen atoms in total. The fourth-order valence-corrected chi connectivity index (χ4v) is 5.13. The molecule has 38 heavy (non-hydrogen) atoms. The first-order valence-electron chi connectivity index (χ1n) is 12.0. The number of sulfonamides is 1. The lowest BCUT2D eigenvalue weighted by Crippen LogP contribution is -2.14. The van der Waals surface area contributed by atoms with Crippen LogP contribution in [0.3, 0.4) is 0 Å². The van der Waals surface area contributed by atoms with Gasteiger partial charge in [-0.05, 0) is 66.4 Å². The summed E-state index contributed by atoms with van der Waals surface area (Å²) < 4.78 is 28.0. The molecule has 0 amide bonds. The average Bonchev–Trinajstić information content (AvgIpc) is 3.53. The number of aryl methyl sites for hydroxylation is 2. The van der Waals surface area contributed by atoms with Crippen molar-refractivity contribution in [2.24, 2.45) is 5.14 Å². The summed E-state index contributed by atoms with van der Waals surface area (Å²) in [6, 6.07) is 19.7. The lowest BCUT2D eigenvalue weighted by atomic mass is 10.1. The molecule has 194 valence electrons. The van der Waals surface area contributed by atoms with Gasteiger partial charge in [0.25, 0.3) is 0 Å². The number of aromatic nitrogens is 4. The molecule has 5 rings (SSSR count). The van der Waals surface area contributed by atoms with Crippen molar-refractivity contribution in [2.75, 3.05) is 0 Å². The molecule has 0 fully saturated rings. The van der Waals surface area contributed by atoms with E-state index in [9.17, 15) is 8.42 Å². The average molecular weight is 567 g/mol. The summed E-state index contributed by atoms with van der Waals surface area (Å²) in [5.74, 6) is 0. The number of hydrogen-bond acceptors (Lipinski definition) is 4. The molecule has 0 aliphatic carbocycles. The fourth-order valence-electron chi connectivity index (χ4n) is 4.34. The second kappa shape index (κ2) is 10.4. The zero-order valence-electron chi connectivity index (χ0n) is 20.8. The van der Waals surface area contributed by atoms with Crippen molar-refractivity contribution in [3.63, 3.8) is 0 Å². The molecule has 0 bridgehead atoms. The van der Waals surface area contributed by atoms with E-state index in [1.807, 2.05) is 67.8 Å². The smallest absolute Gasteiger partial charge is 0.238 e. The minimum Gasteiger partial charge on any atom is -0.238 e. The minimum atomic E-state index is -3.95. The monoisotopic (exact) mass is 565 g/mol. The fraction of sp³-hybridized carbons (Fsp3) is 0.143. The van der Waals surface area contributed by atoms with E-state index < -0.39 is 10.0 Å². The Morgan fingerprint density at radius 3 is 1.58 bits per heavy atom. The van der Waals surface area contributed by atoms with Crippen LogP contribution in [0.4, 0.5) is 0 Å². The van der Waals surface area contributed by atoms with Gasteiger partial charge in [-0.3, -0.25) is 0 Å². The molecule has 0 aliphatic heterocycles. The van der Waals surface area contributed by atoms with Crippen molar-refractivity contribution in [2.45, 2.75) is 31.6 Å². The highest BCUT2D eigenvalue weighted by Gasteiger charge is 2.20. The van der Waals surface area contributed by atoms with Gasteiger partial charge in [0.15, 0.2) is 0 Å². The van der Waals surface area contributed by atoms with E-state index in [-0.39, 0.29) is 4.90 Å². The maximum Gasteiger partial charge on any atom is 0.238 e. The van der Waals surface area contributed by atoms with Crippen LogP contribution >= 0.6 is 23.2 Å². The molecule has 10 heteroatoms. The van der Waals surface area contributed by atoms with Gasteiger partial charge in [-0.15, -0.1) is 0 Å². The van der Waals surface area contributed by atoms with E-state index in [1.165, 1.54) is 12.1 Å². The van der Waals surface area contributed by atoms with Crippen LogP contribution in [0.25, 0.3) is 33.9 Å². The Labute approximate surface area is 231 Å². The second-order valence-corrected chi connectivity index (χ2v) is 11.2. The predicted molar refractivity (Wildman–Crippen MR) is 152 cm³/mol. The summed E-state index contributed by atoms with van der Waals surface area (Å²) in [4.78, 5) is -0.0152. The van der Waals surface area contributed by atoms with Crippen LogP contribution in [0.15, 0.2) is 84.0 Å². The van der Waals surface area contributed by atoms with E-state index in [1.54, 1.807) is 15.4 Å². The first-order chi connectivity index (χ1) is 18.2. The number of hydrogen-bond donors (Lipinski definition) is 1.